The van der Waals surface area contributed by atoms with Crippen LogP contribution in [0.25, 0.3) is 0 Å². The third-order valence-corrected chi connectivity index (χ3v) is 3.90. The van der Waals surface area contributed by atoms with Crippen LogP contribution in [0.1, 0.15) is 25.3 Å². The Morgan fingerprint density at radius 1 is 1.45 bits per heavy atom. The second-order valence-electron chi connectivity index (χ2n) is 5.47. The molecule has 2 rings (SSSR count). The quantitative estimate of drug-likeness (QED) is 0.876. The molecule has 1 saturated heterocycles. The molecule has 2 N–H and O–H groups in total. The fourth-order valence-electron chi connectivity index (χ4n) is 2.53. The summed E-state index contributed by atoms with van der Waals surface area (Å²) in [6.45, 7) is 3.97. The molecule has 0 bridgehead atoms. The second-order valence-corrected chi connectivity index (χ2v) is 5.47. The Morgan fingerprint density at radius 3 is 2.77 bits per heavy atom. The number of carbonyl (C=O) groups is 1. The summed E-state index contributed by atoms with van der Waals surface area (Å²) in [5.74, 6) is 0.102. The van der Waals surface area contributed by atoms with Crippen molar-refractivity contribution in [2.75, 3.05) is 26.3 Å². The number of carbonyl (C=O) groups excluding carboxylic acids is 1. The second kappa shape index (κ2) is 7.98. The maximum Gasteiger partial charge on any atom is 0.317 e. The molecule has 1 aromatic carbocycles. The van der Waals surface area contributed by atoms with Crippen molar-refractivity contribution in [2.45, 2.75) is 26.3 Å². The van der Waals surface area contributed by atoms with E-state index < -0.39 is 5.82 Å². The molecule has 2 amide bonds. The zero-order valence-electron chi connectivity index (χ0n) is 12.8. The number of amides is 2. The summed E-state index contributed by atoms with van der Waals surface area (Å²) in [6.07, 6.45) is 1.64. The van der Waals surface area contributed by atoms with Crippen molar-refractivity contribution < 1.29 is 19.0 Å². The molecule has 0 saturated carbocycles. The van der Waals surface area contributed by atoms with Gasteiger partial charge in [0.05, 0.1) is 6.61 Å². The zero-order chi connectivity index (χ0) is 15.9. The van der Waals surface area contributed by atoms with Gasteiger partial charge in [0.1, 0.15) is 0 Å². The first-order valence-corrected chi connectivity index (χ1v) is 7.69. The molecule has 0 unspecified atom stereocenters. The number of aliphatic hydroxyl groups excluding tert-OH is 1. The Bertz CT molecular complexity index is 502. The van der Waals surface area contributed by atoms with Gasteiger partial charge >= 0.3 is 6.03 Å². The number of piperidine rings is 1. The third kappa shape index (κ3) is 4.34. The minimum Gasteiger partial charge on any atom is -0.491 e. The Balaban J connectivity index is 1.82. The minimum absolute atomic E-state index is 0.148. The molecule has 0 spiro atoms. The summed E-state index contributed by atoms with van der Waals surface area (Å²) in [5, 5.41) is 11.9. The molecule has 1 aliphatic rings. The first kappa shape index (κ1) is 16.5. The molecular formula is C16H23FN2O3. The fourth-order valence-corrected chi connectivity index (χ4v) is 2.53. The summed E-state index contributed by atoms with van der Waals surface area (Å²) in [7, 11) is 0. The molecule has 0 radical (unpaired) electrons. The van der Waals surface area contributed by atoms with Gasteiger partial charge in [0, 0.05) is 26.2 Å². The molecule has 1 fully saturated rings. The highest BCUT2D eigenvalue weighted by Crippen LogP contribution is 2.19. The average Bonchev–Trinajstić information content (AvgIpc) is 2.55. The molecular weight excluding hydrogens is 287 g/mol. The van der Waals surface area contributed by atoms with Crippen molar-refractivity contribution in [1.29, 1.82) is 0 Å². The van der Waals surface area contributed by atoms with E-state index in [0.29, 0.717) is 31.2 Å². The molecule has 0 atom stereocenters. The average molecular weight is 310 g/mol. The molecule has 5 nitrogen and oxygen atoms in total. The molecule has 0 aliphatic carbocycles. The smallest absolute Gasteiger partial charge is 0.317 e. The Hall–Kier alpha value is -1.82. The van der Waals surface area contributed by atoms with Gasteiger partial charge in [0.25, 0.3) is 0 Å². The van der Waals surface area contributed by atoms with Crippen LogP contribution in [-0.2, 0) is 6.54 Å². The van der Waals surface area contributed by atoms with E-state index in [2.05, 4.69) is 5.32 Å². The van der Waals surface area contributed by atoms with E-state index in [1.165, 1.54) is 6.07 Å². The lowest BCUT2D eigenvalue weighted by atomic mass is 9.98. The fraction of sp³-hybridized carbons (Fsp3) is 0.562. The monoisotopic (exact) mass is 310 g/mol. The van der Waals surface area contributed by atoms with Crippen LogP contribution in [0.3, 0.4) is 0 Å². The summed E-state index contributed by atoms with van der Waals surface area (Å²) in [5.41, 5.74) is 0.694. The number of likely N-dealkylation sites (tertiary alicyclic amines) is 1. The molecule has 0 aromatic heterocycles. The molecule has 6 heteroatoms. The van der Waals surface area contributed by atoms with Gasteiger partial charge in [-0.1, -0.05) is 6.07 Å². The lowest BCUT2D eigenvalue weighted by Gasteiger charge is -2.31. The van der Waals surface area contributed by atoms with Gasteiger partial charge in [0.2, 0.25) is 0 Å². The minimum atomic E-state index is -0.419. The largest absolute Gasteiger partial charge is 0.491 e. The van der Waals surface area contributed by atoms with E-state index in [-0.39, 0.29) is 24.9 Å². The van der Waals surface area contributed by atoms with Crippen LogP contribution in [0.2, 0.25) is 0 Å². The first-order valence-electron chi connectivity index (χ1n) is 7.69. The number of urea groups is 1. The zero-order valence-corrected chi connectivity index (χ0v) is 12.8. The van der Waals surface area contributed by atoms with E-state index >= 15 is 0 Å². The van der Waals surface area contributed by atoms with E-state index in [0.717, 1.165) is 12.8 Å². The number of aliphatic hydroxyl groups is 1. The number of hydrogen-bond acceptors (Lipinski definition) is 3. The number of benzene rings is 1. The van der Waals surface area contributed by atoms with Crippen molar-refractivity contribution in [1.82, 2.24) is 10.2 Å². The van der Waals surface area contributed by atoms with Crippen molar-refractivity contribution in [3.63, 3.8) is 0 Å². The predicted octanol–water partition coefficient (Wildman–Crippen LogP) is 2.14. The SMILES string of the molecule is CCOc1ccc(CNC(=O)N2CCC(CO)CC2)cc1F. The summed E-state index contributed by atoms with van der Waals surface area (Å²) >= 11 is 0. The molecule has 1 aromatic rings. The Kier molecular flexibility index (Phi) is 6.00. The number of halogens is 1. The first-order chi connectivity index (χ1) is 10.6. The lowest BCUT2D eigenvalue weighted by Crippen LogP contribution is -2.44. The van der Waals surface area contributed by atoms with E-state index in [1.54, 1.807) is 24.0 Å². The topological polar surface area (TPSA) is 61.8 Å². The van der Waals surface area contributed by atoms with E-state index in [9.17, 15) is 9.18 Å². The van der Waals surface area contributed by atoms with Crippen LogP contribution < -0.4 is 10.1 Å². The summed E-state index contributed by atoms with van der Waals surface area (Å²) in [6, 6.07) is 4.55. The van der Waals surface area contributed by atoms with Gasteiger partial charge in [-0.25, -0.2) is 9.18 Å². The standard InChI is InChI=1S/C16H23FN2O3/c1-2-22-15-4-3-13(9-14(15)17)10-18-16(21)19-7-5-12(11-20)6-8-19/h3-4,9,12,20H,2,5-8,10-11H2,1H3,(H,18,21). The van der Waals surface area contributed by atoms with Gasteiger partial charge < -0.3 is 20.1 Å². The number of rotatable bonds is 5. The third-order valence-electron chi connectivity index (χ3n) is 3.90. The predicted molar refractivity (Wildman–Crippen MR) is 81.2 cm³/mol. The van der Waals surface area contributed by atoms with Crippen molar-refractivity contribution in [3.05, 3.63) is 29.6 Å². The number of nitrogens with zero attached hydrogens (tertiary/aromatic N) is 1. The molecule has 1 aliphatic heterocycles. The van der Waals surface area contributed by atoms with Crippen LogP contribution in [0.15, 0.2) is 18.2 Å². The van der Waals surface area contributed by atoms with Crippen LogP contribution in [0.4, 0.5) is 9.18 Å². The van der Waals surface area contributed by atoms with Gasteiger partial charge in [-0.2, -0.15) is 0 Å². The van der Waals surface area contributed by atoms with Gasteiger partial charge in [-0.05, 0) is 43.4 Å². The highest BCUT2D eigenvalue weighted by Gasteiger charge is 2.21. The Morgan fingerprint density at radius 2 is 2.18 bits per heavy atom. The van der Waals surface area contributed by atoms with E-state index in [1.807, 2.05) is 0 Å². The number of nitrogens with one attached hydrogen (secondary N) is 1. The van der Waals surface area contributed by atoms with Crippen LogP contribution >= 0.6 is 0 Å². The van der Waals surface area contributed by atoms with Crippen LogP contribution in [-0.4, -0.2) is 42.3 Å². The normalized spacial score (nSPS) is 15.7. The Labute approximate surface area is 130 Å². The van der Waals surface area contributed by atoms with Crippen LogP contribution in [0.5, 0.6) is 5.75 Å². The maximum atomic E-state index is 13.7. The number of ether oxygens (including phenoxy) is 1. The summed E-state index contributed by atoms with van der Waals surface area (Å²) in [4.78, 5) is 13.8. The molecule has 22 heavy (non-hydrogen) atoms. The lowest BCUT2D eigenvalue weighted by molar-refractivity contribution is 0.137. The highest BCUT2D eigenvalue weighted by atomic mass is 19.1. The van der Waals surface area contributed by atoms with Crippen molar-refractivity contribution in [3.8, 4) is 5.75 Å². The molecule has 122 valence electrons. The van der Waals surface area contributed by atoms with Crippen molar-refractivity contribution in [2.24, 2.45) is 5.92 Å². The summed E-state index contributed by atoms with van der Waals surface area (Å²) < 4.78 is 18.9. The highest BCUT2D eigenvalue weighted by molar-refractivity contribution is 5.74. The maximum absolute atomic E-state index is 13.7. The van der Waals surface area contributed by atoms with Crippen LogP contribution in [0, 0.1) is 11.7 Å². The van der Waals surface area contributed by atoms with Crippen molar-refractivity contribution >= 4 is 6.03 Å². The van der Waals surface area contributed by atoms with Gasteiger partial charge in [-0.15, -0.1) is 0 Å². The van der Waals surface area contributed by atoms with Gasteiger partial charge in [0.15, 0.2) is 11.6 Å². The van der Waals surface area contributed by atoms with E-state index in [4.69, 9.17) is 9.84 Å². The van der Waals surface area contributed by atoms with Gasteiger partial charge in [-0.3, -0.25) is 0 Å². The number of hydrogen-bond donors (Lipinski definition) is 2. The molecule has 1 heterocycles.